The van der Waals surface area contributed by atoms with Crippen LogP contribution in [0.2, 0.25) is 0 Å². The van der Waals surface area contributed by atoms with Gasteiger partial charge in [0.25, 0.3) is 0 Å². The van der Waals surface area contributed by atoms with Gasteiger partial charge in [-0.2, -0.15) is 0 Å². The molecule has 1 aromatic carbocycles. The predicted octanol–water partition coefficient (Wildman–Crippen LogP) is 4.38. The van der Waals surface area contributed by atoms with Crippen LogP contribution in [0.5, 0.6) is 0 Å². The van der Waals surface area contributed by atoms with Crippen LogP contribution in [0.25, 0.3) is 22.4 Å². The molecule has 2 aromatic heterocycles. The lowest BCUT2D eigenvalue weighted by atomic mass is 10.1. The quantitative estimate of drug-likeness (QED) is 0.349. The molecule has 5 nitrogen and oxygen atoms in total. The Labute approximate surface area is 162 Å². The second-order valence-electron chi connectivity index (χ2n) is 6.35. The standard InChI is InChI=1S/C17H20N4OS.HI/c1-17(2,3)21-16(18)19-9-15-20-12(10-23-15)14-8-11-6-4-5-7-13(11)22-14;/h4-8,10H,9H2,1-3H3,(H3,18,19,21);1H. The summed E-state index contributed by atoms with van der Waals surface area (Å²) in [5, 5.41) is 7.09. The molecule has 0 aliphatic carbocycles. The number of furan rings is 1. The molecule has 7 heteroatoms. The fourth-order valence-electron chi connectivity index (χ4n) is 2.18. The van der Waals surface area contributed by atoms with Crippen molar-refractivity contribution >= 4 is 52.2 Å². The van der Waals surface area contributed by atoms with Crippen LogP contribution in [0.1, 0.15) is 25.8 Å². The number of nitrogens with zero attached hydrogens (tertiary/aromatic N) is 2. The highest BCUT2D eigenvalue weighted by Gasteiger charge is 2.11. The van der Waals surface area contributed by atoms with Gasteiger partial charge in [-0.1, -0.05) is 18.2 Å². The van der Waals surface area contributed by atoms with Gasteiger partial charge in [0, 0.05) is 16.3 Å². The SMILES string of the molecule is CC(C)(C)NC(N)=NCc1nc(-c2cc3ccccc3o2)cs1.I. The minimum absolute atomic E-state index is 0. The van der Waals surface area contributed by atoms with Gasteiger partial charge in [-0.25, -0.2) is 9.98 Å². The number of benzene rings is 1. The normalized spacial score (nSPS) is 12.2. The number of para-hydroxylation sites is 1. The lowest BCUT2D eigenvalue weighted by molar-refractivity contribution is 0.508. The molecule has 0 unspecified atom stereocenters. The Bertz CT molecular complexity index is 815. The van der Waals surface area contributed by atoms with Crippen LogP contribution in [0, 0.1) is 0 Å². The first-order chi connectivity index (χ1) is 10.9. The van der Waals surface area contributed by atoms with Crippen LogP contribution < -0.4 is 11.1 Å². The molecule has 0 radical (unpaired) electrons. The molecule has 0 aliphatic heterocycles. The Kier molecular flexibility index (Phi) is 5.87. The number of guanidine groups is 1. The third kappa shape index (κ3) is 4.70. The number of thiazole rings is 1. The van der Waals surface area contributed by atoms with Crippen LogP contribution in [-0.4, -0.2) is 16.5 Å². The van der Waals surface area contributed by atoms with Crippen molar-refractivity contribution < 1.29 is 4.42 Å². The molecular formula is C17H21IN4OS. The number of fused-ring (bicyclic) bond motifs is 1. The third-order valence-electron chi connectivity index (χ3n) is 3.12. The summed E-state index contributed by atoms with van der Waals surface area (Å²) in [6.45, 7) is 6.58. The van der Waals surface area contributed by atoms with E-state index in [1.807, 2.05) is 56.5 Å². The van der Waals surface area contributed by atoms with E-state index in [-0.39, 0.29) is 29.5 Å². The Morgan fingerprint density at radius 2 is 2.08 bits per heavy atom. The van der Waals surface area contributed by atoms with Gasteiger partial charge in [0.05, 0.1) is 6.54 Å². The summed E-state index contributed by atoms with van der Waals surface area (Å²) in [4.78, 5) is 8.91. The Balaban J connectivity index is 0.00000208. The number of hydrogen-bond donors (Lipinski definition) is 2. The lowest BCUT2D eigenvalue weighted by Gasteiger charge is -2.20. The van der Waals surface area contributed by atoms with Crippen molar-refractivity contribution in [1.82, 2.24) is 10.3 Å². The fraction of sp³-hybridized carbons (Fsp3) is 0.294. The summed E-state index contributed by atoms with van der Waals surface area (Å²) >= 11 is 1.55. The van der Waals surface area contributed by atoms with Crippen LogP contribution in [0.4, 0.5) is 0 Å². The van der Waals surface area contributed by atoms with Gasteiger partial charge in [0.2, 0.25) is 0 Å². The van der Waals surface area contributed by atoms with Crippen LogP contribution in [-0.2, 0) is 6.54 Å². The van der Waals surface area contributed by atoms with Crippen molar-refractivity contribution in [3.63, 3.8) is 0 Å². The highest BCUT2D eigenvalue weighted by atomic mass is 127. The molecule has 0 amide bonds. The van der Waals surface area contributed by atoms with Gasteiger partial charge in [-0.05, 0) is 32.9 Å². The Morgan fingerprint density at radius 1 is 1.33 bits per heavy atom. The molecule has 3 rings (SSSR count). The number of hydrogen-bond acceptors (Lipinski definition) is 4. The molecule has 24 heavy (non-hydrogen) atoms. The smallest absolute Gasteiger partial charge is 0.189 e. The van der Waals surface area contributed by atoms with Gasteiger partial charge in [0.15, 0.2) is 11.7 Å². The highest BCUT2D eigenvalue weighted by molar-refractivity contribution is 14.0. The van der Waals surface area contributed by atoms with E-state index in [0.717, 1.165) is 27.4 Å². The summed E-state index contributed by atoms with van der Waals surface area (Å²) in [6.07, 6.45) is 0. The van der Waals surface area contributed by atoms with Crippen molar-refractivity contribution in [3.05, 3.63) is 40.7 Å². The molecule has 0 saturated heterocycles. The predicted molar refractivity (Wildman–Crippen MR) is 111 cm³/mol. The van der Waals surface area contributed by atoms with Crippen LogP contribution in [0.3, 0.4) is 0 Å². The number of rotatable bonds is 3. The molecule has 3 aromatic rings. The summed E-state index contributed by atoms with van der Waals surface area (Å²) in [5.74, 6) is 1.21. The van der Waals surface area contributed by atoms with E-state index in [0.29, 0.717) is 12.5 Å². The zero-order valence-electron chi connectivity index (χ0n) is 13.9. The number of nitrogens with two attached hydrogens (primary N) is 1. The van der Waals surface area contributed by atoms with Crippen LogP contribution in [0.15, 0.2) is 45.1 Å². The Hall–Kier alpha value is -1.61. The van der Waals surface area contributed by atoms with Gasteiger partial charge in [-0.3, -0.25) is 0 Å². The zero-order chi connectivity index (χ0) is 16.4. The first kappa shape index (κ1) is 18.7. The second kappa shape index (κ2) is 7.52. The van der Waals surface area contributed by atoms with Gasteiger partial charge >= 0.3 is 0 Å². The fourth-order valence-corrected chi connectivity index (χ4v) is 2.89. The Morgan fingerprint density at radius 3 is 2.79 bits per heavy atom. The summed E-state index contributed by atoms with van der Waals surface area (Å²) in [6, 6.07) is 9.94. The largest absolute Gasteiger partial charge is 0.454 e. The van der Waals surface area contributed by atoms with Gasteiger partial charge in [-0.15, -0.1) is 35.3 Å². The van der Waals surface area contributed by atoms with E-state index in [4.69, 9.17) is 10.2 Å². The summed E-state index contributed by atoms with van der Waals surface area (Å²) in [7, 11) is 0. The van der Waals surface area contributed by atoms with E-state index in [2.05, 4.69) is 15.3 Å². The van der Waals surface area contributed by atoms with E-state index in [1.54, 1.807) is 11.3 Å². The average Bonchev–Trinajstić information content (AvgIpc) is 3.09. The maximum absolute atomic E-state index is 5.87. The summed E-state index contributed by atoms with van der Waals surface area (Å²) < 4.78 is 5.83. The minimum atomic E-state index is -0.101. The van der Waals surface area contributed by atoms with Crippen LogP contribution >= 0.6 is 35.3 Å². The van der Waals surface area contributed by atoms with Crippen molar-refractivity contribution in [1.29, 1.82) is 0 Å². The maximum Gasteiger partial charge on any atom is 0.189 e. The van der Waals surface area contributed by atoms with E-state index < -0.39 is 0 Å². The monoisotopic (exact) mass is 456 g/mol. The molecule has 2 heterocycles. The molecule has 0 bridgehead atoms. The molecule has 0 spiro atoms. The lowest BCUT2D eigenvalue weighted by Crippen LogP contribution is -2.44. The summed E-state index contributed by atoms with van der Waals surface area (Å²) in [5.41, 5.74) is 7.47. The topological polar surface area (TPSA) is 76.4 Å². The molecular weight excluding hydrogens is 435 g/mol. The van der Waals surface area contributed by atoms with Crippen molar-refractivity contribution in [2.24, 2.45) is 10.7 Å². The van der Waals surface area contributed by atoms with Crippen molar-refractivity contribution in [3.8, 4) is 11.5 Å². The highest BCUT2D eigenvalue weighted by Crippen LogP contribution is 2.28. The van der Waals surface area contributed by atoms with Gasteiger partial charge in [0.1, 0.15) is 16.3 Å². The first-order valence-electron chi connectivity index (χ1n) is 7.42. The van der Waals surface area contributed by atoms with Crippen molar-refractivity contribution in [2.75, 3.05) is 0 Å². The number of halogens is 1. The molecule has 3 N–H and O–H groups in total. The second-order valence-corrected chi connectivity index (χ2v) is 7.29. The molecule has 128 valence electrons. The number of aliphatic imine (C=N–C) groups is 1. The van der Waals surface area contributed by atoms with E-state index in [1.165, 1.54) is 0 Å². The zero-order valence-corrected chi connectivity index (χ0v) is 17.0. The van der Waals surface area contributed by atoms with Gasteiger partial charge < -0.3 is 15.5 Å². The molecule has 0 atom stereocenters. The molecule has 0 aliphatic rings. The number of nitrogens with one attached hydrogen (secondary N) is 1. The molecule has 0 fully saturated rings. The third-order valence-corrected chi connectivity index (χ3v) is 3.95. The average molecular weight is 456 g/mol. The minimum Gasteiger partial charge on any atom is -0.454 e. The molecule has 0 saturated carbocycles. The van der Waals surface area contributed by atoms with E-state index in [9.17, 15) is 0 Å². The van der Waals surface area contributed by atoms with E-state index >= 15 is 0 Å². The maximum atomic E-state index is 5.87. The van der Waals surface area contributed by atoms with Crippen molar-refractivity contribution in [2.45, 2.75) is 32.9 Å². The number of aromatic nitrogens is 1. The first-order valence-corrected chi connectivity index (χ1v) is 8.30.